The van der Waals surface area contributed by atoms with Crippen molar-refractivity contribution in [2.24, 2.45) is 17.8 Å². The van der Waals surface area contributed by atoms with Crippen LogP contribution in [0.4, 0.5) is 4.39 Å². The molecular weight excluding hydrogens is 393 g/mol. The van der Waals surface area contributed by atoms with E-state index in [-0.39, 0.29) is 0 Å². The predicted octanol–water partition coefficient (Wildman–Crippen LogP) is 9.44. The third-order valence-corrected chi connectivity index (χ3v) is 8.32. The molecule has 0 atom stereocenters. The van der Waals surface area contributed by atoms with Gasteiger partial charge in [0.1, 0.15) is 6.07 Å². The number of hydrogen-bond donors (Lipinski definition) is 0. The third kappa shape index (κ3) is 8.38. The number of unbranched alkanes of at least 4 members (excludes halogenated alkanes) is 2. The lowest BCUT2D eigenvalue weighted by Gasteiger charge is -2.32. The minimum absolute atomic E-state index is 0.618. The van der Waals surface area contributed by atoms with Crippen LogP contribution >= 0.6 is 0 Å². The summed E-state index contributed by atoms with van der Waals surface area (Å²) >= 11 is 0. The van der Waals surface area contributed by atoms with Crippen molar-refractivity contribution in [3.8, 4) is 6.07 Å². The molecule has 0 saturated heterocycles. The molecule has 0 unspecified atom stereocenters. The zero-order valence-corrected chi connectivity index (χ0v) is 20.3. The second-order valence-corrected chi connectivity index (χ2v) is 10.6. The molecule has 0 amide bonds. The van der Waals surface area contributed by atoms with E-state index in [0.29, 0.717) is 0 Å². The van der Waals surface area contributed by atoms with E-state index in [1.54, 1.807) is 11.6 Å². The highest BCUT2D eigenvalue weighted by Gasteiger charge is 2.25. The van der Waals surface area contributed by atoms with E-state index in [1.807, 2.05) is 0 Å². The minimum Gasteiger partial charge on any atom is -0.195 e. The van der Waals surface area contributed by atoms with Gasteiger partial charge in [-0.3, -0.25) is 0 Å². The molecule has 0 radical (unpaired) electrons. The maximum atomic E-state index is 12.9. The normalized spacial score (nSPS) is 26.6. The summed E-state index contributed by atoms with van der Waals surface area (Å²) in [6, 6.07) is 11.2. The molecule has 176 valence electrons. The van der Waals surface area contributed by atoms with Gasteiger partial charge in [0.2, 0.25) is 0 Å². The molecule has 0 bridgehead atoms. The Hall–Kier alpha value is -1.62. The summed E-state index contributed by atoms with van der Waals surface area (Å²) in [4.78, 5) is 0. The number of nitriles is 1. The summed E-state index contributed by atoms with van der Waals surface area (Å²) in [5, 5.41) is 8.50. The van der Waals surface area contributed by atoms with E-state index in [4.69, 9.17) is 5.26 Å². The van der Waals surface area contributed by atoms with Crippen LogP contribution in [0, 0.1) is 29.1 Å². The van der Waals surface area contributed by atoms with Crippen LogP contribution in [0.5, 0.6) is 0 Å². The van der Waals surface area contributed by atoms with E-state index >= 15 is 0 Å². The Kier molecular flexibility index (Phi) is 10.8. The van der Waals surface area contributed by atoms with Gasteiger partial charge in [-0.05, 0) is 92.2 Å². The van der Waals surface area contributed by atoms with Gasteiger partial charge in [0.25, 0.3) is 0 Å². The van der Waals surface area contributed by atoms with Gasteiger partial charge in [-0.1, -0.05) is 82.6 Å². The smallest absolute Gasteiger partial charge is 0.195 e. The number of benzene rings is 1. The fourth-order valence-corrected chi connectivity index (χ4v) is 6.09. The van der Waals surface area contributed by atoms with E-state index in [1.165, 1.54) is 102 Å². The van der Waals surface area contributed by atoms with Crippen LogP contribution in [0.25, 0.3) is 0 Å². The monoisotopic (exact) mass is 437 g/mol. The highest BCUT2D eigenvalue weighted by Crippen LogP contribution is 2.40. The lowest BCUT2D eigenvalue weighted by Crippen LogP contribution is -2.17. The Morgan fingerprint density at radius 1 is 0.875 bits per heavy atom. The van der Waals surface area contributed by atoms with Crippen LogP contribution in [0.1, 0.15) is 120 Å². The first kappa shape index (κ1) is 25.0. The molecule has 2 heteroatoms. The second kappa shape index (κ2) is 13.8. The van der Waals surface area contributed by atoms with Crippen molar-refractivity contribution in [2.75, 3.05) is 0 Å². The summed E-state index contributed by atoms with van der Waals surface area (Å²) in [6.07, 6.45) is 22.2. The maximum Gasteiger partial charge on any atom is 0.196 e. The van der Waals surface area contributed by atoms with E-state index in [9.17, 15) is 4.39 Å². The van der Waals surface area contributed by atoms with Gasteiger partial charge < -0.3 is 0 Å². The van der Waals surface area contributed by atoms with Crippen LogP contribution in [0.2, 0.25) is 0 Å². The zero-order chi connectivity index (χ0) is 22.6. The Labute approximate surface area is 196 Å². The SMILES string of the molecule is CCCCCc1ccc([C@H]2CC[C@H](CC[C@H]3CC[C@H](CC/C=C(\F)C#N)CC3)CC2)cc1. The topological polar surface area (TPSA) is 23.8 Å². The molecule has 2 aliphatic rings. The van der Waals surface area contributed by atoms with Crippen LogP contribution in [-0.2, 0) is 6.42 Å². The Bertz CT molecular complexity index is 712. The van der Waals surface area contributed by atoms with Gasteiger partial charge in [-0.25, -0.2) is 0 Å². The van der Waals surface area contributed by atoms with Crippen molar-refractivity contribution in [1.82, 2.24) is 0 Å². The number of aryl methyl sites for hydroxylation is 1. The largest absolute Gasteiger partial charge is 0.196 e. The summed E-state index contributed by atoms with van der Waals surface area (Å²) < 4.78 is 12.9. The van der Waals surface area contributed by atoms with Crippen molar-refractivity contribution in [1.29, 1.82) is 5.26 Å². The fourth-order valence-electron chi connectivity index (χ4n) is 6.09. The van der Waals surface area contributed by atoms with Crippen molar-refractivity contribution >= 4 is 0 Å². The maximum absolute atomic E-state index is 12.9. The van der Waals surface area contributed by atoms with Gasteiger partial charge in [-0.15, -0.1) is 0 Å². The number of allylic oxidation sites excluding steroid dienone is 2. The molecule has 2 saturated carbocycles. The lowest BCUT2D eigenvalue weighted by molar-refractivity contribution is 0.225. The zero-order valence-electron chi connectivity index (χ0n) is 20.3. The first-order valence-corrected chi connectivity index (χ1v) is 13.5. The van der Waals surface area contributed by atoms with Crippen LogP contribution < -0.4 is 0 Å². The van der Waals surface area contributed by atoms with Crippen molar-refractivity contribution in [3.63, 3.8) is 0 Å². The molecule has 0 aliphatic heterocycles. The Morgan fingerprint density at radius 2 is 1.44 bits per heavy atom. The fraction of sp³-hybridized carbons (Fsp3) is 0.700. The van der Waals surface area contributed by atoms with Gasteiger partial charge >= 0.3 is 0 Å². The first-order valence-electron chi connectivity index (χ1n) is 13.5. The van der Waals surface area contributed by atoms with Crippen molar-refractivity contribution < 1.29 is 4.39 Å². The molecule has 0 aromatic heterocycles. The number of hydrogen-bond acceptors (Lipinski definition) is 1. The third-order valence-electron chi connectivity index (χ3n) is 8.32. The van der Waals surface area contributed by atoms with Crippen LogP contribution in [0.15, 0.2) is 36.2 Å². The summed E-state index contributed by atoms with van der Waals surface area (Å²) in [5.41, 5.74) is 3.09. The molecule has 2 aliphatic carbocycles. The molecule has 1 nitrogen and oxygen atoms in total. The molecule has 2 fully saturated rings. The number of nitrogens with zero attached hydrogens (tertiary/aromatic N) is 1. The number of rotatable bonds is 11. The molecule has 32 heavy (non-hydrogen) atoms. The second-order valence-electron chi connectivity index (χ2n) is 10.6. The van der Waals surface area contributed by atoms with E-state index < -0.39 is 5.83 Å². The van der Waals surface area contributed by atoms with Crippen molar-refractivity contribution in [2.45, 2.75) is 116 Å². The molecule has 1 aromatic carbocycles. The molecule has 3 rings (SSSR count). The van der Waals surface area contributed by atoms with Gasteiger partial charge in [0.05, 0.1) is 0 Å². The van der Waals surface area contributed by atoms with Gasteiger partial charge in [0, 0.05) is 0 Å². The molecular formula is C30H44FN. The highest BCUT2D eigenvalue weighted by atomic mass is 19.1. The molecule has 1 aromatic rings. The Balaban J connectivity index is 1.29. The van der Waals surface area contributed by atoms with E-state index in [0.717, 1.165) is 36.5 Å². The predicted molar refractivity (Wildman–Crippen MR) is 133 cm³/mol. The molecule has 0 N–H and O–H groups in total. The lowest BCUT2D eigenvalue weighted by atomic mass is 9.74. The van der Waals surface area contributed by atoms with Crippen LogP contribution in [0.3, 0.4) is 0 Å². The van der Waals surface area contributed by atoms with Crippen molar-refractivity contribution in [3.05, 3.63) is 47.3 Å². The van der Waals surface area contributed by atoms with Gasteiger partial charge in [-0.2, -0.15) is 9.65 Å². The summed E-state index contributed by atoms with van der Waals surface area (Å²) in [5.74, 6) is 2.76. The molecule has 0 spiro atoms. The van der Waals surface area contributed by atoms with Gasteiger partial charge in [0.15, 0.2) is 5.83 Å². The average molecular weight is 438 g/mol. The average Bonchev–Trinajstić information content (AvgIpc) is 2.84. The summed E-state index contributed by atoms with van der Waals surface area (Å²) in [6.45, 7) is 2.27. The molecule has 0 heterocycles. The first-order chi connectivity index (χ1) is 15.7. The van der Waals surface area contributed by atoms with E-state index in [2.05, 4.69) is 31.2 Å². The Morgan fingerprint density at radius 3 is 2.00 bits per heavy atom. The van der Waals surface area contributed by atoms with Crippen LogP contribution in [-0.4, -0.2) is 0 Å². The highest BCUT2D eigenvalue weighted by molar-refractivity contribution is 5.26. The number of halogens is 1. The quantitative estimate of drug-likeness (QED) is 0.250. The summed E-state index contributed by atoms with van der Waals surface area (Å²) in [7, 11) is 0. The minimum atomic E-state index is -0.618. The standard InChI is InChI=1S/C30H44FN/c1-2-3-4-6-24-15-19-28(20-16-24)29-21-17-27(18-22-29)14-13-26-11-9-25(10-12-26)7-5-8-30(31)23-32/h8,15-16,19-20,25-27,29H,2-7,9-14,17-18,21-22H2,1H3/b30-8-/t25-,26-,27-,29-.